The normalized spacial score (nSPS) is 23.7. The molecule has 1 aromatic heterocycles. The molecular formula is C30H37BrN6O. The van der Waals surface area contributed by atoms with Gasteiger partial charge < -0.3 is 24.8 Å². The zero-order valence-electron chi connectivity index (χ0n) is 22.4. The summed E-state index contributed by atoms with van der Waals surface area (Å²) in [6, 6.07) is 14.7. The van der Waals surface area contributed by atoms with Gasteiger partial charge in [-0.1, -0.05) is 40.2 Å². The van der Waals surface area contributed by atoms with E-state index in [1.165, 1.54) is 47.7 Å². The third-order valence-electron chi connectivity index (χ3n) is 8.83. The van der Waals surface area contributed by atoms with Gasteiger partial charge in [-0.3, -0.25) is 0 Å². The topological polar surface area (TPSA) is 56.8 Å². The molecule has 2 unspecified atom stereocenters. The predicted molar refractivity (Wildman–Crippen MR) is 156 cm³/mol. The van der Waals surface area contributed by atoms with Crippen molar-refractivity contribution in [2.45, 2.75) is 50.7 Å². The first-order valence-electron chi connectivity index (χ1n) is 14.1. The van der Waals surface area contributed by atoms with Gasteiger partial charge in [0.15, 0.2) is 0 Å². The van der Waals surface area contributed by atoms with Crippen LogP contribution in [-0.4, -0.2) is 73.8 Å². The number of ether oxygens (including phenoxy) is 1. The molecule has 0 amide bonds. The van der Waals surface area contributed by atoms with E-state index in [9.17, 15) is 0 Å². The summed E-state index contributed by atoms with van der Waals surface area (Å²) in [4.78, 5) is 17.4. The number of nitrogens with zero attached hydrogens (tertiary/aromatic N) is 5. The molecule has 1 N–H and O–H groups in total. The van der Waals surface area contributed by atoms with Crippen molar-refractivity contribution in [1.29, 1.82) is 0 Å². The van der Waals surface area contributed by atoms with Gasteiger partial charge in [-0.2, -0.15) is 9.97 Å². The molecule has 3 aliphatic heterocycles. The lowest BCUT2D eigenvalue weighted by Crippen LogP contribution is -2.52. The highest BCUT2D eigenvalue weighted by Gasteiger charge is 2.44. The lowest BCUT2D eigenvalue weighted by atomic mass is 10.0. The van der Waals surface area contributed by atoms with E-state index in [0.717, 1.165) is 55.1 Å². The number of piperazine rings is 1. The van der Waals surface area contributed by atoms with Crippen LogP contribution in [-0.2, 0) is 13.0 Å². The second kappa shape index (κ2) is 9.65. The molecule has 1 aliphatic carbocycles. The quantitative estimate of drug-likeness (QED) is 0.440. The number of rotatable bonds is 7. The average molecular weight is 578 g/mol. The van der Waals surface area contributed by atoms with E-state index < -0.39 is 0 Å². The van der Waals surface area contributed by atoms with Crippen molar-refractivity contribution in [3.05, 3.63) is 52.1 Å². The number of benzene rings is 2. The minimum atomic E-state index is 0.248. The molecule has 1 saturated carbocycles. The Bertz CT molecular complexity index is 1340. The van der Waals surface area contributed by atoms with E-state index in [0.29, 0.717) is 24.7 Å². The first kappa shape index (κ1) is 24.6. The van der Waals surface area contributed by atoms with Crippen LogP contribution in [0, 0.1) is 5.41 Å². The van der Waals surface area contributed by atoms with Crippen molar-refractivity contribution in [1.82, 2.24) is 20.2 Å². The average Bonchev–Trinajstić information content (AvgIpc) is 3.59. The lowest BCUT2D eigenvalue weighted by molar-refractivity contribution is 0.182. The Morgan fingerprint density at radius 2 is 1.82 bits per heavy atom. The fourth-order valence-electron chi connectivity index (χ4n) is 6.84. The molecule has 4 heterocycles. The van der Waals surface area contributed by atoms with Gasteiger partial charge in [0.2, 0.25) is 0 Å². The molecule has 7 rings (SSSR count). The number of anilines is 2. The molecule has 2 saturated heterocycles. The van der Waals surface area contributed by atoms with Crippen molar-refractivity contribution in [2.24, 2.45) is 5.41 Å². The first-order chi connectivity index (χ1) is 18.5. The number of nitrogens with one attached hydrogen (secondary N) is 1. The predicted octanol–water partition coefficient (Wildman–Crippen LogP) is 4.62. The van der Waals surface area contributed by atoms with Gasteiger partial charge in [0.05, 0.1) is 18.8 Å². The van der Waals surface area contributed by atoms with Crippen molar-refractivity contribution < 1.29 is 4.74 Å². The van der Waals surface area contributed by atoms with Gasteiger partial charge in [0.1, 0.15) is 5.82 Å². The minimum Gasteiger partial charge on any atom is -0.463 e. The van der Waals surface area contributed by atoms with E-state index in [-0.39, 0.29) is 5.41 Å². The van der Waals surface area contributed by atoms with Crippen LogP contribution in [0.25, 0.3) is 10.8 Å². The maximum absolute atomic E-state index is 6.41. The highest BCUT2D eigenvalue weighted by atomic mass is 79.9. The van der Waals surface area contributed by atoms with Crippen LogP contribution in [0.1, 0.15) is 36.9 Å². The summed E-state index contributed by atoms with van der Waals surface area (Å²) >= 11 is 3.81. The number of hydrogen-bond donors (Lipinski definition) is 1. The molecular weight excluding hydrogens is 540 g/mol. The molecule has 4 aliphatic rings. The van der Waals surface area contributed by atoms with Crippen LogP contribution in [0.4, 0.5) is 11.5 Å². The van der Waals surface area contributed by atoms with E-state index >= 15 is 0 Å². The van der Waals surface area contributed by atoms with Crippen LogP contribution >= 0.6 is 15.9 Å². The van der Waals surface area contributed by atoms with E-state index in [2.05, 4.69) is 86.4 Å². The second-order valence-corrected chi connectivity index (χ2v) is 13.0. The Hall–Kier alpha value is -2.42. The van der Waals surface area contributed by atoms with Crippen molar-refractivity contribution in [3.63, 3.8) is 0 Å². The molecule has 0 spiro atoms. The van der Waals surface area contributed by atoms with E-state index in [1.54, 1.807) is 0 Å². The minimum absolute atomic E-state index is 0.248. The fourth-order valence-corrected chi connectivity index (χ4v) is 7.43. The molecule has 2 aromatic carbocycles. The summed E-state index contributed by atoms with van der Waals surface area (Å²) < 4.78 is 7.55. The summed E-state index contributed by atoms with van der Waals surface area (Å²) in [7, 11) is 4.29. The van der Waals surface area contributed by atoms with Crippen LogP contribution in [0.2, 0.25) is 0 Å². The summed E-state index contributed by atoms with van der Waals surface area (Å²) in [5.74, 6) is 1.11. The Morgan fingerprint density at radius 1 is 1.05 bits per heavy atom. The number of halogens is 1. The molecule has 7 nitrogen and oxygen atoms in total. The Morgan fingerprint density at radius 3 is 2.55 bits per heavy atom. The molecule has 3 aromatic rings. The van der Waals surface area contributed by atoms with E-state index in [1.807, 2.05) is 0 Å². The van der Waals surface area contributed by atoms with Crippen LogP contribution < -0.4 is 19.9 Å². The first-order valence-corrected chi connectivity index (χ1v) is 14.9. The highest BCUT2D eigenvalue weighted by Crippen LogP contribution is 2.46. The molecule has 38 heavy (non-hydrogen) atoms. The molecule has 0 radical (unpaired) electrons. The smallest absolute Gasteiger partial charge is 0.318 e. The second-order valence-electron chi connectivity index (χ2n) is 12.1. The van der Waals surface area contributed by atoms with Gasteiger partial charge in [-0.15, -0.1) is 0 Å². The third-order valence-corrected chi connectivity index (χ3v) is 9.49. The summed E-state index contributed by atoms with van der Waals surface area (Å²) in [5.41, 5.74) is 3.93. The zero-order valence-corrected chi connectivity index (χ0v) is 24.0. The molecule has 3 fully saturated rings. The highest BCUT2D eigenvalue weighted by molar-refractivity contribution is 9.10. The molecule has 2 atom stereocenters. The lowest BCUT2D eigenvalue weighted by Gasteiger charge is -2.37. The van der Waals surface area contributed by atoms with Gasteiger partial charge in [0.25, 0.3) is 0 Å². The van der Waals surface area contributed by atoms with Crippen molar-refractivity contribution in [2.75, 3.05) is 56.7 Å². The standard InChI is InChI=1S/C30H37BrN6O/c1-35(2)18-30(12-13-30)19-38-29-33-25-17-36(26-8-4-6-20-5-3-7-24(31)27(20)26)14-11-23(25)28(34-29)37-15-21-9-10-22(16-37)32-21/h3-8,21-22,32H,9-19H2,1-2H3. The van der Waals surface area contributed by atoms with Gasteiger partial charge in [-0.05, 0) is 63.7 Å². The van der Waals surface area contributed by atoms with Crippen LogP contribution in [0.3, 0.4) is 0 Å². The van der Waals surface area contributed by atoms with Gasteiger partial charge in [0, 0.05) is 64.8 Å². The Balaban J connectivity index is 1.22. The Kier molecular flexibility index (Phi) is 6.25. The monoisotopic (exact) mass is 576 g/mol. The van der Waals surface area contributed by atoms with Gasteiger partial charge in [-0.25, -0.2) is 0 Å². The van der Waals surface area contributed by atoms with Crippen molar-refractivity contribution in [3.8, 4) is 6.01 Å². The maximum Gasteiger partial charge on any atom is 0.318 e. The van der Waals surface area contributed by atoms with Crippen LogP contribution in [0.15, 0.2) is 40.9 Å². The molecule has 2 bridgehead atoms. The molecule has 200 valence electrons. The maximum atomic E-state index is 6.41. The fraction of sp³-hybridized carbons (Fsp3) is 0.533. The summed E-state index contributed by atoms with van der Waals surface area (Å²) in [5, 5.41) is 6.29. The van der Waals surface area contributed by atoms with Crippen LogP contribution in [0.5, 0.6) is 6.01 Å². The largest absolute Gasteiger partial charge is 0.463 e. The zero-order chi connectivity index (χ0) is 25.9. The third kappa shape index (κ3) is 4.65. The Labute approximate surface area is 233 Å². The van der Waals surface area contributed by atoms with E-state index in [4.69, 9.17) is 14.7 Å². The number of fused-ring (bicyclic) bond motifs is 4. The number of aromatic nitrogens is 2. The SMILES string of the molecule is CN(C)CC1(COc2nc3c(c(N4CC5CCC(C4)N5)n2)CCN(c2cccc4cccc(Br)c24)C3)CC1. The number of hydrogen-bond acceptors (Lipinski definition) is 7. The van der Waals surface area contributed by atoms with Crippen molar-refractivity contribution >= 4 is 38.2 Å². The molecule has 8 heteroatoms. The summed E-state index contributed by atoms with van der Waals surface area (Å²) in [6.45, 7) is 5.50. The summed E-state index contributed by atoms with van der Waals surface area (Å²) in [6.07, 6.45) is 5.89. The van der Waals surface area contributed by atoms with Gasteiger partial charge >= 0.3 is 6.01 Å².